The number of aromatic nitrogens is 4. The maximum Gasteiger partial charge on any atom is 0.332 e. The molecule has 4 rings (SSSR count). The molecule has 0 spiro atoms. The fourth-order valence-corrected chi connectivity index (χ4v) is 3.73. The molecule has 0 bridgehead atoms. The van der Waals surface area contributed by atoms with Crippen molar-refractivity contribution in [3.8, 4) is 0 Å². The zero-order valence-corrected chi connectivity index (χ0v) is 17.8. The van der Waals surface area contributed by atoms with Gasteiger partial charge in [0.25, 0.3) is 5.56 Å². The molecule has 2 aromatic carbocycles. The first-order valence-corrected chi connectivity index (χ1v) is 9.98. The fourth-order valence-electron chi connectivity index (χ4n) is 3.51. The number of nitrogens with one attached hydrogen (secondary N) is 1. The Hall–Kier alpha value is -3.65. The number of halogens is 1. The maximum atomic E-state index is 12.8. The van der Waals surface area contributed by atoms with Crippen molar-refractivity contribution in [2.75, 3.05) is 5.32 Å². The molecule has 0 fully saturated rings. The normalized spacial score (nSPS) is 11.1. The van der Waals surface area contributed by atoms with Gasteiger partial charge < -0.3 is 5.32 Å². The lowest BCUT2D eigenvalue weighted by Gasteiger charge is -2.12. The van der Waals surface area contributed by atoms with Crippen LogP contribution in [-0.4, -0.2) is 24.6 Å². The van der Waals surface area contributed by atoms with Gasteiger partial charge in [-0.25, -0.2) is 4.79 Å². The first kappa shape index (κ1) is 20.6. The molecule has 158 valence electrons. The minimum Gasteiger partial charge on any atom is -0.324 e. The van der Waals surface area contributed by atoms with Crippen molar-refractivity contribution in [2.24, 2.45) is 14.1 Å². The lowest BCUT2D eigenvalue weighted by molar-refractivity contribution is -0.116. The Morgan fingerprint density at radius 2 is 1.68 bits per heavy atom. The third-order valence-electron chi connectivity index (χ3n) is 5.13. The van der Waals surface area contributed by atoms with Gasteiger partial charge in [-0.05, 0) is 35.2 Å². The third-order valence-corrected chi connectivity index (χ3v) is 5.42. The average Bonchev–Trinajstić information content (AvgIpc) is 3.09. The molecule has 0 unspecified atom stereocenters. The molecule has 1 amide bonds. The number of aryl methyl sites for hydroxylation is 1. The summed E-state index contributed by atoms with van der Waals surface area (Å²) >= 11 is 6.21. The number of benzene rings is 2. The van der Waals surface area contributed by atoms with Gasteiger partial charge in [0.2, 0.25) is 11.2 Å². The predicted molar refractivity (Wildman–Crippen MR) is 120 cm³/mol. The van der Waals surface area contributed by atoms with Gasteiger partial charge >= 0.3 is 5.69 Å². The van der Waals surface area contributed by atoms with Gasteiger partial charge in [0.15, 0.2) is 11.2 Å². The number of rotatable bonds is 5. The summed E-state index contributed by atoms with van der Waals surface area (Å²) < 4.78 is 3.50. The molecule has 1 N–H and O–H groups in total. The summed E-state index contributed by atoms with van der Waals surface area (Å²) in [4.78, 5) is 41.7. The monoisotopic (exact) mass is 437 g/mol. The predicted octanol–water partition coefficient (Wildman–Crippen LogP) is 2.32. The topological polar surface area (TPSA) is 90.9 Å². The molecule has 0 aliphatic carbocycles. The zero-order chi connectivity index (χ0) is 22.1. The highest BCUT2D eigenvalue weighted by molar-refractivity contribution is 6.29. The number of anilines is 1. The van der Waals surface area contributed by atoms with E-state index in [0.717, 1.165) is 15.7 Å². The average molecular weight is 438 g/mol. The van der Waals surface area contributed by atoms with Crippen molar-refractivity contribution >= 4 is 34.4 Å². The smallest absolute Gasteiger partial charge is 0.324 e. The van der Waals surface area contributed by atoms with Crippen LogP contribution < -0.4 is 16.6 Å². The summed E-state index contributed by atoms with van der Waals surface area (Å²) in [7, 11) is 2.87. The number of imidazole rings is 1. The van der Waals surface area contributed by atoms with E-state index < -0.39 is 11.2 Å². The van der Waals surface area contributed by atoms with Crippen molar-refractivity contribution in [3.05, 3.63) is 91.8 Å². The van der Waals surface area contributed by atoms with Crippen molar-refractivity contribution in [1.82, 2.24) is 18.7 Å². The molecule has 0 aliphatic heterocycles. The van der Waals surface area contributed by atoms with Gasteiger partial charge in [-0.2, -0.15) is 4.98 Å². The fraction of sp³-hybridized carbons (Fsp3) is 0.182. The zero-order valence-electron chi connectivity index (χ0n) is 17.0. The Kier molecular flexibility index (Phi) is 5.48. The third kappa shape index (κ3) is 3.89. The van der Waals surface area contributed by atoms with Gasteiger partial charge in [0.05, 0.1) is 0 Å². The van der Waals surface area contributed by atoms with E-state index in [1.165, 1.54) is 23.2 Å². The van der Waals surface area contributed by atoms with E-state index in [9.17, 15) is 14.4 Å². The quantitative estimate of drug-likeness (QED) is 0.485. The van der Waals surface area contributed by atoms with Crippen LogP contribution in [0.2, 0.25) is 5.28 Å². The summed E-state index contributed by atoms with van der Waals surface area (Å²) in [6, 6.07) is 17.5. The van der Waals surface area contributed by atoms with Crippen molar-refractivity contribution in [2.45, 2.75) is 13.0 Å². The van der Waals surface area contributed by atoms with Gasteiger partial charge in [0.1, 0.15) is 6.54 Å². The molecule has 0 saturated heterocycles. The van der Waals surface area contributed by atoms with E-state index in [4.69, 9.17) is 11.6 Å². The number of amides is 1. The van der Waals surface area contributed by atoms with E-state index in [-0.39, 0.29) is 28.9 Å². The molecule has 0 atom stereocenters. The Morgan fingerprint density at radius 3 is 2.42 bits per heavy atom. The summed E-state index contributed by atoms with van der Waals surface area (Å²) in [5, 5.41) is 2.86. The molecule has 4 aromatic rings. The molecule has 31 heavy (non-hydrogen) atoms. The van der Waals surface area contributed by atoms with Crippen molar-refractivity contribution in [1.29, 1.82) is 0 Å². The number of para-hydroxylation sites is 1. The molecule has 9 heteroatoms. The lowest BCUT2D eigenvalue weighted by atomic mass is 10.0. The van der Waals surface area contributed by atoms with Crippen LogP contribution >= 0.6 is 11.6 Å². The highest BCUT2D eigenvalue weighted by atomic mass is 35.5. The largest absolute Gasteiger partial charge is 0.332 e. The standard InChI is InChI=1S/C22H20ClN5O3/c1-26-19-18(20(30)27(2)22(26)31)28(21(23)25-19)13-17(29)24-16-11-7-6-10-15(16)12-14-8-4-3-5-9-14/h3-11H,12-13H2,1-2H3,(H,24,29). The number of carbonyl (C=O) groups is 1. The van der Waals surface area contributed by atoms with Crippen LogP contribution in [0.15, 0.2) is 64.2 Å². The number of carbonyl (C=O) groups excluding carboxylic acids is 1. The summed E-state index contributed by atoms with van der Waals surface area (Å²) in [5.74, 6) is -0.363. The van der Waals surface area contributed by atoms with E-state index in [2.05, 4.69) is 10.3 Å². The van der Waals surface area contributed by atoms with Crippen LogP contribution in [0.5, 0.6) is 0 Å². The first-order chi connectivity index (χ1) is 14.9. The number of nitrogens with zero attached hydrogens (tertiary/aromatic N) is 4. The highest BCUT2D eigenvalue weighted by Crippen LogP contribution is 2.20. The number of hydrogen-bond acceptors (Lipinski definition) is 4. The van der Waals surface area contributed by atoms with Crippen LogP contribution in [0.4, 0.5) is 5.69 Å². The molecule has 8 nitrogen and oxygen atoms in total. The van der Waals surface area contributed by atoms with Gasteiger partial charge in [-0.3, -0.25) is 23.3 Å². The lowest BCUT2D eigenvalue weighted by Crippen LogP contribution is -2.37. The Morgan fingerprint density at radius 1 is 1.00 bits per heavy atom. The molecule has 0 saturated carbocycles. The number of hydrogen-bond donors (Lipinski definition) is 1. The van der Waals surface area contributed by atoms with Crippen LogP contribution in [-0.2, 0) is 31.9 Å². The SMILES string of the molecule is Cn1c(=O)c2c(nc(Cl)n2CC(=O)Nc2ccccc2Cc2ccccc2)n(C)c1=O. The van der Waals surface area contributed by atoms with E-state index in [1.807, 2.05) is 54.6 Å². The first-order valence-electron chi connectivity index (χ1n) is 9.60. The van der Waals surface area contributed by atoms with Crippen LogP contribution in [0.3, 0.4) is 0 Å². The highest BCUT2D eigenvalue weighted by Gasteiger charge is 2.20. The maximum absolute atomic E-state index is 12.8. The summed E-state index contributed by atoms with van der Waals surface area (Å²) in [6.45, 7) is -0.220. The second kappa shape index (κ2) is 8.23. The van der Waals surface area contributed by atoms with Crippen LogP contribution in [0.1, 0.15) is 11.1 Å². The molecular formula is C22H20ClN5O3. The summed E-state index contributed by atoms with van der Waals surface area (Å²) in [5.41, 5.74) is 1.92. The minimum absolute atomic E-state index is 0.0407. The minimum atomic E-state index is -0.560. The van der Waals surface area contributed by atoms with E-state index in [0.29, 0.717) is 12.1 Å². The van der Waals surface area contributed by atoms with Crippen molar-refractivity contribution in [3.63, 3.8) is 0 Å². The van der Waals surface area contributed by atoms with E-state index >= 15 is 0 Å². The molecule has 2 aromatic heterocycles. The second-order valence-electron chi connectivity index (χ2n) is 7.21. The van der Waals surface area contributed by atoms with Crippen molar-refractivity contribution < 1.29 is 4.79 Å². The Labute approximate surface area is 182 Å². The van der Waals surface area contributed by atoms with Crippen LogP contribution in [0, 0.1) is 0 Å². The molecular weight excluding hydrogens is 418 g/mol. The Balaban J connectivity index is 1.64. The number of fused-ring (bicyclic) bond motifs is 1. The van der Waals surface area contributed by atoms with E-state index in [1.54, 1.807) is 0 Å². The molecule has 0 radical (unpaired) electrons. The molecule has 0 aliphatic rings. The summed E-state index contributed by atoms with van der Waals surface area (Å²) in [6.07, 6.45) is 0.661. The van der Waals surface area contributed by atoms with Crippen LogP contribution in [0.25, 0.3) is 11.2 Å². The van der Waals surface area contributed by atoms with Gasteiger partial charge in [-0.1, -0.05) is 48.5 Å². The van der Waals surface area contributed by atoms with Gasteiger partial charge in [-0.15, -0.1) is 0 Å². The second-order valence-corrected chi connectivity index (χ2v) is 7.55. The molecule has 2 heterocycles. The Bertz CT molecular complexity index is 1400. The van der Waals surface area contributed by atoms with Gasteiger partial charge in [0, 0.05) is 19.8 Å².